The van der Waals surface area contributed by atoms with Crippen LogP contribution in [0, 0.1) is 0 Å². The van der Waals surface area contributed by atoms with Crippen molar-refractivity contribution < 1.29 is 4.79 Å². The Bertz CT molecular complexity index is 649. The third-order valence-electron chi connectivity index (χ3n) is 2.68. The van der Waals surface area contributed by atoms with E-state index < -0.39 is 0 Å². The summed E-state index contributed by atoms with van der Waals surface area (Å²) in [4.78, 5) is 14.5. The Balaban J connectivity index is 2.29. The minimum absolute atomic E-state index is 0.0438. The van der Waals surface area contributed by atoms with Crippen molar-refractivity contribution in [3.63, 3.8) is 0 Å². The van der Waals surface area contributed by atoms with E-state index in [0.717, 1.165) is 14.3 Å². The molecule has 1 amide bonds. The van der Waals surface area contributed by atoms with E-state index in [9.17, 15) is 4.79 Å². The topological polar surface area (TPSA) is 29.1 Å². The highest BCUT2D eigenvalue weighted by atomic mass is 79.9. The predicted molar refractivity (Wildman–Crippen MR) is 91.9 cm³/mol. The molecule has 0 aliphatic carbocycles. The first-order valence-electron chi connectivity index (χ1n) is 6.71. The van der Waals surface area contributed by atoms with Crippen LogP contribution >= 0.6 is 27.7 Å². The van der Waals surface area contributed by atoms with Crippen LogP contribution in [0.3, 0.4) is 0 Å². The Morgan fingerprint density at radius 2 is 1.57 bits per heavy atom. The van der Waals surface area contributed by atoms with Crippen molar-refractivity contribution in [2.75, 3.05) is 0 Å². The predicted octanol–water partition coefficient (Wildman–Crippen LogP) is 5.13. The Kier molecular flexibility index (Phi) is 5.12. The van der Waals surface area contributed by atoms with Gasteiger partial charge in [0.05, 0.1) is 5.56 Å². The van der Waals surface area contributed by atoms with Gasteiger partial charge in [0, 0.05) is 19.8 Å². The molecule has 2 aromatic carbocycles. The van der Waals surface area contributed by atoms with E-state index in [1.165, 1.54) is 0 Å². The molecule has 0 saturated carbocycles. The number of nitrogens with one attached hydrogen (secondary N) is 1. The van der Waals surface area contributed by atoms with Gasteiger partial charge in [-0.3, -0.25) is 4.79 Å². The Labute approximate surface area is 138 Å². The second kappa shape index (κ2) is 6.67. The van der Waals surface area contributed by atoms with Crippen LogP contribution in [0.2, 0.25) is 0 Å². The zero-order valence-electron chi connectivity index (χ0n) is 12.3. The van der Waals surface area contributed by atoms with E-state index >= 15 is 0 Å². The third kappa shape index (κ3) is 4.61. The van der Waals surface area contributed by atoms with Crippen LogP contribution in [-0.4, -0.2) is 11.4 Å². The molecule has 1 N–H and O–H groups in total. The normalized spacial score (nSPS) is 11.2. The second-order valence-corrected chi connectivity index (χ2v) is 7.67. The first kappa shape index (κ1) is 16.1. The number of halogens is 1. The van der Waals surface area contributed by atoms with E-state index in [2.05, 4.69) is 21.2 Å². The molecule has 0 heterocycles. The summed E-state index contributed by atoms with van der Waals surface area (Å²) in [5, 5.41) is 3.01. The molecule has 0 bridgehead atoms. The molecule has 0 spiro atoms. The Morgan fingerprint density at radius 1 is 1.00 bits per heavy atom. The maximum Gasteiger partial charge on any atom is 0.252 e. The highest BCUT2D eigenvalue weighted by molar-refractivity contribution is 9.10. The summed E-state index contributed by atoms with van der Waals surface area (Å²) >= 11 is 5.13. The molecule has 2 rings (SSSR count). The molecule has 0 aliphatic rings. The largest absolute Gasteiger partial charge is 0.347 e. The van der Waals surface area contributed by atoms with Crippen LogP contribution in [0.15, 0.2) is 62.8 Å². The molecular formula is C17H18BrNOS. The summed E-state index contributed by atoms with van der Waals surface area (Å²) < 4.78 is 1.03. The smallest absolute Gasteiger partial charge is 0.252 e. The number of rotatable bonds is 3. The third-order valence-corrected chi connectivity index (χ3v) is 4.78. The highest BCUT2D eigenvalue weighted by Crippen LogP contribution is 2.35. The zero-order chi connectivity index (χ0) is 15.5. The maximum atomic E-state index is 12.4. The molecule has 0 unspecified atom stereocenters. The Morgan fingerprint density at radius 3 is 2.19 bits per heavy atom. The van der Waals surface area contributed by atoms with Gasteiger partial charge in [0.15, 0.2) is 0 Å². The fourth-order valence-corrected chi connectivity index (χ4v) is 3.29. The Hall–Kier alpha value is -1.26. The summed E-state index contributed by atoms with van der Waals surface area (Å²) in [5.41, 5.74) is 0.454. The fourth-order valence-electron chi connectivity index (χ4n) is 1.80. The van der Waals surface area contributed by atoms with Gasteiger partial charge in [0.1, 0.15) is 0 Å². The molecule has 110 valence electrons. The summed E-state index contributed by atoms with van der Waals surface area (Å²) in [6, 6.07) is 15.7. The standard InChI is InChI=1S/C17H18BrNOS/c1-17(2,3)19-16(20)12-8-4-6-10-14(12)21-15-11-7-5-9-13(15)18/h4-11H,1-3H3,(H,19,20). The average Bonchev–Trinajstić information content (AvgIpc) is 2.40. The van der Waals surface area contributed by atoms with E-state index in [4.69, 9.17) is 0 Å². The number of amides is 1. The van der Waals surface area contributed by atoms with Crippen LogP contribution in [0.4, 0.5) is 0 Å². The molecule has 2 aromatic rings. The lowest BCUT2D eigenvalue weighted by atomic mass is 10.1. The number of carbonyl (C=O) groups excluding carboxylic acids is 1. The molecule has 0 aliphatic heterocycles. The van der Waals surface area contributed by atoms with Gasteiger partial charge in [-0.1, -0.05) is 36.0 Å². The van der Waals surface area contributed by atoms with Gasteiger partial charge < -0.3 is 5.32 Å². The summed E-state index contributed by atoms with van der Waals surface area (Å²) in [7, 11) is 0. The van der Waals surface area contributed by atoms with Gasteiger partial charge in [0.25, 0.3) is 5.91 Å². The van der Waals surface area contributed by atoms with E-state index in [1.807, 2.05) is 69.3 Å². The van der Waals surface area contributed by atoms with Gasteiger partial charge >= 0.3 is 0 Å². The molecule has 0 atom stereocenters. The van der Waals surface area contributed by atoms with Gasteiger partial charge in [-0.25, -0.2) is 0 Å². The SMILES string of the molecule is CC(C)(C)NC(=O)c1ccccc1Sc1ccccc1Br. The van der Waals surface area contributed by atoms with Crippen molar-refractivity contribution >= 4 is 33.6 Å². The van der Waals surface area contributed by atoms with Crippen molar-refractivity contribution in [2.45, 2.75) is 36.1 Å². The summed E-state index contributed by atoms with van der Waals surface area (Å²) in [5.74, 6) is -0.0438. The molecule has 0 saturated heterocycles. The number of carbonyl (C=O) groups is 1. The van der Waals surface area contributed by atoms with Crippen molar-refractivity contribution in [3.05, 3.63) is 58.6 Å². The van der Waals surface area contributed by atoms with Gasteiger partial charge in [0.2, 0.25) is 0 Å². The molecule has 4 heteroatoms. The lowest BCUT2D eigenvalue weighted by Gasteiger charge is -2.21. The fraction of sp³-hybridized carbons (Fsp3) is 0.235. The monoisotopic (exact) mass is 363 g/mol. The molecular weight excluding hydrogens is 346 g/mol. The number of benzene rings is 2. The lowest BCUT2D eigenvalue weighted by Crippen LogP contribution is -2.40. The van der Waals surface area contributed by atoms with E-state index in [-0.39, 0.29) is 11.4 Å². The van der Waals surface area contributed by atoms with Crippen molar-refractivity contribution in [3.8, 4) is 0 Å². The van der Waals surface area contributed by atoms with Gasteiger partial charge in [-0.2, -0.15) is 0 Å². The summed E-state index contributed by atoms with van der Waals surface area (Å²) in [6.07, 6.45) is 0. The molecule has 0 radical (unpaired) electrons. The van der Waals surface area contributed by atoms with Crippen LogP contribution in [0.1, 0.15) is 31.1 Å². The molecule has 0 fully saturated rings. The highest BCUT2D eigenvalue weighted by Gasteiger charge is 2.18. The van der Waals surface area contributed by atoms with Gasteiger partial charge in [-0.05, 0) is 61.0 Å². The van der Waals surface area contributed by atoms with Crippen molar-refractivity contribution in [1.29, 1.82) is 0 Å². The van der Waals surface area contributed by atoms with E-state index in [0.29, 0.717) is 5.56 Å². The average molecular weight is 364 g/mol. The molecule has 0 aromatic heterocycles. The van der Waals surface area contributed by atoms with Crippen molar-refractivity contribution in [1.82, 2.24) is 5.32 Å². The first-order chi connectivity index (χ1) is 9.87. The van der Waals surface area contributed by atoms with E-state index in [1.54, 1.807) is 11.8 Å². The summed E-state index contributed by atoms with van der Waals surface area (Å²) in [6.45, 7) is 5.94. The van der Waals surface area contributed by atoms with Crippen LogP contribution in [0.25, 0.3) is 0 Å². The minimum Gasteiger partial charge on any atom is -0.347 e. The zero-order valence-corrected chi connectivity index (χ0v) is 14.7. The molecule has 21 heavy (non-hydrogen) atoms. The quantitative estimate of drug-likeness (QED) is 0.818. The lowest BCUT2D eigenvalue weighted by molar-refractivity contribution is 0.0916. The first-order valence-corrected chi connectivity index (χ1v) is 8.32. The number of hydrogen-bond donors (Lipinski definition) is 1. The number of hydrogen-bond acceptors (Lipinski definition) is 2. The van der Waals surface area contributed by atoms with Crippen LogP contribution in [0.5, 0.6) is 0 Å². The van der Waals surface area contributed by atoms with Crippen LogP contribution < -0.4 is 5.32 Å². The van der Waals surface area contributed by atoms with Gasteiger partial charge in [-0.15, -0.1) is 0 Å². The molecule has 2 nitrogen and oxygen atoms in total. The maximum absolute atomic E-state index is 12.4. The van der Waals surface area contributed by atoms with Crippen molar-refractivity contribution in [2.24, 2.45) is 0 Å². The second-order valence-electron chi connectivity index (χ2n) is 5.73. The minimum atomic E-state index is -0.248. The van der Waals surface area contributed by atoms with Crippen LogP contribution in [-0.2, 0) is 0 Å².